The summed E-state index contributed by atoms with van der Waals surface area (Å²) in [6.45, 7) is 0.399. The van der Waals surface area contributed by atoms with Gasteiger partial charge in [-0.15, -0.1) is 0 Å². The molecule has 1 amide bonds. The zero-order chi connectivity index (χ0) is 12.8. The molecule has 0 radical (unpaired) electrons. The maximum absolute atomic E-state index is 10.9. The Kier molecular flexibility index (Phi) is 4.71. The first-order chi connectivity index (χ1) is 8.00. The van der Waals surface area contributed by atoms with Gasteiger partial charge in [-0.2, -0.15) is 0 Å². The first-order valence-electron chi connectivity index (χ1n) is 4.92. The minimum Gasteiger partial charge on any atom is -0.478 e. The Morgan fingerprint density at radius 3 is 2.76 bits per heavy atom. The molecule has 0 aliphatic carbocycles. The van der Waals surface area contributed by atoms with Crippen LogP contribution in [0.3, 0.4) is 0 Å². The fraction of sp³-hybridized carbons (Fsp3) is 0.300. The third kappa shape index (κ3) is 4.28. The van der Waals surface area contributed by atoms with Gasteiger partial charge in [0.25, 0.3) is 0 Å². The molecule has 0 saturated heterocycles. The summed E-state index contributed by atoms with van der Waals surface area (Å²) in [6.07, 6.45) is 0.735. The second-order valence-electron chi connectivity index (χ2n) is 3.33. The summed E-state index contributed by atoms with van der Waals surface area (Å²) in [6, 6.07) is 2.77. The molecule has 6 nitrogen and oxygen atoms in total. The van der Waals surface area contributed by atoms with E-state index in [0.29, 0.717) is 13.0 Å². The van der Waals surface area contributed by atoms with Gasteiger partial charge < -0.3 is 16.2 Å². The molecule has 0 aromatic carbocycles. The van der Waals surface area contributed by atoms with Crippen LogP contribution < -0.4 is 11.1 Å². The molecular weight excluding hydrogens is 246 g/mol. The largest absolute Gasteiger partial charge is 0.478 e. The highest BCUT2D eigenvalue weighted by Crippen LogP contribution is 2.16. The molecule has 0 spiro atoms. The van der Waals surface area contributed by atoms with Crippen LogP contribution in [-0.4, -0.2) is 28.5 Å². The van der Waals surface area contributed by atoms with E-state index in [1.54, 1.807) is 0 Å². The average molecular weight is 258 g/mol. The maximum Gasteiger partial charge on any atom is 0.339 e. The topological polar surface area (TPSA) is 105 Å². The van der Waals surface area contributed by atoms with Crippen molar-refractivity contribution in [1.82, 2.24) is 4.98 Å². The van der Waals surface area contributed by atoms with E-state index in [0.717, 1.165) is 0 Å². The molecule has 0 aliphatic heterocycles. The van der Waals surface area contributed by atoms with Crippen molar-refractivity contribution in [2.75, 3.05) is 11.9 Å². The fourth-order valence-electron chi connectivity index (χ4n) is 1.21. The van der Waals surface area contributed by atoms with Gasteiger partial charge in [-0.3, -0.25) is 4.79 Å². The molecular formula is C10H12ClN3O3. The lowest BCUT2D eigenvalue weighted by atomic mass is 10.2. The number of halogens is 1. The van der Waals surface area contributed by atoms with Gasteiger partial charge in [0.05, 0.1) is 0 Å². The first kappa shape index (κ1) is 13.2. The van der Waals surface area contributed by atoms with Crippen molar-refractivity contribution in [2.24, 2.45) is 5.73 Å². The van der Waals surface area contributed by atoms with E-state index in [1.807, 2.05) is 0 Å². The summed E-state index contributed by atoms with van der Waals surface area (Å²) < 4.78 is 0. The number of hydrogen-bond donors (Lipinski definition) is 3. The number of pyridine rings is 1. The Bertz CT molecular complexity index is 437. The molecule has 0 fully saturated rings. The van der Waals surface area contributed by atoms with Gasteiger partial charge in [0, 0.05) is 13.0 Å². The number of hydrogen-bond acceptors (Lipinski definition) is 4. The maximum atomic E-state index is 10.9. The van der Waals surface area contributed by atoms with Crippen LogP contribution in [0, 0.1) is 0 Å². The molecule has 0 atom stereocenters. The molecule has 4 N–H and O–H groups in total. The minimum atomic E-state index is -1.09. The summed E-state index contributed by atoms with van der Waals surface area (Å²) in [5.41, 5.74) is 5.01. The minimum absolute atomic E-state index is 0.0356. The summed E-state index contributed by atoms with van der Waals surface area (Å²) in [7, 11) is 0. The van der Waals surface area contributed by atoms with Crippen LogP contribution in [0.4, 0.5) is 5.82 Å². The van der Waals surface area contributed by atoms with E-state index in [4.69, 9.17) is 22.4 Å². The van der Waals surface area contributed by atoms with Crippen molar-refractivity contribution in [2.45, 2.75) is 12.8 Å². The SMILES string of the molecule is NC(=O)CCCNc1nc(Cl)ccc1C(=O)O. The zero-order valence-electron chi connectivity index (χ0n) is 8.94. The van der Waals surface area contributed by atoms with E-state index < -0.39 is 11.9 Å². The summed E-state index contributed by atoms with van der Waals surface area (Å²) in [5.74, 6) is -1.30. The van der Waals surface area contributed by atoms with Gasteiger partial charge in [0.1, 0.15) is 16.5 Å². The highest BCUT2D eigenvalue weighted by atomic mass is 35.5. The number of carbonyl (C=O) groups excluding carboxylic acids is 1. The van der Waals surface area contributed by atoms with Crippen molar-refractivity contribution in [3.05, 3.63) is 22.8 Å². The predicted octanol–water partition coefficient (Wildman–Crippen LogP) is 1.11. The number of carboxylic acids is 1. The lowest BCUT2D eigenvalue weighted by Crippen LogP contribution is -2.14. The number of nitrogens with one attached hydrogen (secondary N) is 1. The molecule has 7 heteroatoms. The Balaban J connectivity index is 2.65. The van der Waals surface area contributed by atoms with Crippen LogP contribution in [0.1, 0.15) is 23.2 Å². The Labute approximate surface area is 103 Å². The summed E-state index contributed by atoms with van der Waals surface area (Å²) in [4.78, 5) is 25.2. The van der Waals surface area contributed by atoms with Gasteiger partial charge in [0.2, 0.25) is 5.91 Å². The van der Waals surface area contributed by atoms with E-state index in [-0.39, 0.29) is 23.0 Å². The van der Waals surface area contributed by atoms with Crippen molar-refractivity contribution < 1.29 is 14.7 Å². The molecule has 1 rings (SSSR count). The standard InChI is InChI=1S/C10H12ClN3O3/c11-7-4-3-6(10(16)17)9(14-7)13-5-1-2-8(12)15/h3-4H,1-2,5H2,(H2,12,15)(H,13,14)(H,16,17). The predicted molar refractivity (Wildman–Crippen MR) is 63.1 cm³/mol. The van der Waals surface area contributed by atoms with Crippen LogP contribution in [-0.2, 0) is 4.79 Å². The van der Waals surface area contributed by atoms with Crippen LogP contribution >= 0.6 is 11.6 Å². The monoisotopic (exact) mass is 257 g/mol. The van der Waals surface area contributed by atoms with Crippen molar-refractivity contribution in [1.29, 1.82) is 0 Å². The molecule has 0 bridgehead atoms. The smallest absolute Gasteiger partial charge is 0.339 e. The van der Waals surface area contributed by atoms with Gasteiger partial charge in [-0.05, 0) is 18.6 Å². The molecule has 0 aliphatic rings. The second-order valence-corrected chi connectivity index (χ2v) is 3.72. The number of rotatable bonds is 6. The molecule has 0 saturated carbocycles. The Morgan fingerprint density at radius 1 is 1.47 bits per heavy atom. The molecule has 92 valence electrons. The molecule has 1 aromatic heterocycles. The normalized spacial score (nSPS) is 9.94. The van der Waals surface area contributed by atoms with Crippen LogP contribution in [0.25, 0.3) is 0 Å². The third-order valence-electron chi connectivity index (χ3n) is 1.98. The fourth-order valence-corrected chi connectivity index (χ4v) is 1.36. The van der Waals surface area contributed by atoms with E-state index in [2.05, 4.69) is 10.3 Å². The molecule has 17 heavy (non-hydrogen) atoms. The Morgan fingerprint density at radius 2 is 2.18 bits per heavy atom. The summed E-state index contributed by atoms with van der Waals surface area (Å²) in [5, 5.41) is 11.9. The number of carbonyl (C=O) groups is 2. The first-order valence-corrected chi connectivity index (χ1v) is 5.30. The molecule has 0 unspecified atom stereocenters. The highest BCUT2D eigenvalue weighted by Gasteiger charge is 2.11. The van der Waals surface area contributed by atoms with Gasteiger partial charge >= 0.3 is 5.97 Å². The molecule has 1 aromatic rings. The van der Waals surface area contributed by atoms with E-state index >= 15 is 0 Å². The van der Waals surface area contributed by atoms with Crippen molar-refractivity contribution >= 4 is 29.3 Å². The number of nitrogens with two attached hydrogens (primary N) is 1. The number of amides is 1. The van der Waals surface area contributed by atoms with E-state index in [1.165, 1.54) is 12.1 Å². The number of carboxylic acid groups (broad SMARTS) is 1. The van der Waals surface area contributed by atoms with Crippen LogP contribution in [0.15, 0.2) is 12.1 Å². The van der Waals surface area contributed by atoms with Crippen molar-refractivity contribution in [3.63, 3.8) is 0 Å². The van der Waals surface area contributed by atoms with Gasteiger partial charge in [-0.1, -0.05) is 11.6 Å². The number of aromatic nitrogens is 1. The van der Waals surface area contributed by atoms with E-state index in [9.17, 15) is 9.59 Å². The number of aromatic carboxylic acids is 1. The second kappa shape index (κ2) is 6.05. The van der Waals surface area contributed by atoms with Gasteiger partial charge in [0.15, 0.2) is 0 Å². The Hall–Kier alpha value is -1.82. The third-order valence-corrected chi connectivity index (χ3v) is 2.19. The number of primary amides is 1. The van der Waals surface area contributed by atoms with Crippen molar-refractivity contribution in [3.8, 4) is 0 Å². The van der Waals surface area contributed by atoms with Crippen LogP contribution in [0.5, 0.6) is 0 Å². The number of anilines is 1. The lowest BCUT2D eigenvalue weighted by Gasteiger charge is -2.08. The quantitative estimate of drug-likeness (QED) is 0.523. The lowest BCUT2D eigenvalue weighted by molar-refractivity contribution is -0.118. The highest BCUT2D eigenvalue weighted by molar-refractivity contribution is 6.29. The molecule has 1 heterocycles. The summed E-state index contributed by atoms with van der Waals surface area (Å²) >= 11 is 5.67. The average Bonchev–Trinajstić information content (AvgIpc) is 2.23. The zero-order valence-corrected chi connectivity index (χ0v) is 9.70. The van der Waals surface area contributed by atoms with Gasteiger partial charge in [-0.25, -0.2) is 9.78 Å². The number of nitrogens with zero attached hydrogens (tertiary/aromatic N) is 1. The van der Waals surface area contributed by atoms with Crippen LogP contribution in [0.2, 0.25) is 5.15 Å².